The van der Waals surface area contributed by atoms with Crippen molar-refractivity contribution in [1.82, 2.24) is 0 Å². The fraction of sp³-hybridized carbons (Fsp3) is 0.133. The SMILES string of the molecule is N#CCOc1cccc(CNc2ccc(F)cc2I)c1. The molecule has 1 N–H and O–H groups in total. The van der Waals surface area contributed by atoms with Gasteiger partial charge < -0.3 is 10.1 Å². The van der Waals surface area contributed by atoms with Crippen LogP contribution in [0.15, 0.2) is 42.5 Å². The molecule has 0 aliphatic heterocycles. The van der Waals surface area contributed by atoms with Gasteiger partial charge in [-0.3, -0.25) is 0 Å². The Morgan fingerprint density at radius 3 is 2.85 bits per heavy atom. The lowest BCUT2D eigenvalue weighted by Crippen LogP contribution is -2.02. The fourth-order valence-electron chi connectivity index (χ4n) is 1.69. The summed E-state index contributed by atoms with van der Waals surface area (Å²) in [6.45, 7) is 0.637. The van der Waals surface area contributed by atoms with Crippen molar-refractivity contribution in [2.45, 2.75) is 6.54 Å². The van der Waals surface area contributed by atoms with Gasteiger partial charge in [0.25, 0.3) is 0 Å². The van der Waals surface area contributed by atoms with Gasteiger partial charge in [-0.15, -0.1) is 0 Å². The van der Waals surface area contributed by atoms with E-state index in [-0.39, 0.29) is 12.4 Å². The molecule has 5 heteroatoms. The molecule has 2 aromatic carbocycles. The molecule has 2 aromatic rings. The summed E-state index contributed by atoms with van der Waals surface area (Å²) in [5.74, 6) is 0.423. The summed E-state index contributed by atoms with van der Waals surface area (Å²) in [6.07, 6.45) is 0. The lowest BCUT2D eigenvalue weighted by Gasteiger charge is -2.10. The van der Waals surface area contributed by atoms with Gasteiger partial charge in [0.2, 0.25) is 0 Å². The van der Waals surface area contributed by atoms with Crippen LogP contribution in [0.1, 0.15) is 5.56 Å². The van der Waals surface area contributed by atoms with Crippen LogP contribution >= 0.6 is 22.6 Å². The topological polar surface area (TPSA) is 45.0 Å². The minimum absolute atomic E-state index is 0.0345. The summed E-state index contributed by atoms with van der Waals surface area (Å²) < 4.78 is 19.1. The van der Waals surface area contributed by atoms with Gasteiger partial charge in [-0.25, -0.2) is 4.39 Å². The number of hydrogen-bond acceptors (Lipinski definition) is 3. The van der Waals surface area contributed by atoms with Crippen molar-refractivity contribution in [2.24, 2.45) is 0 Å². The molecular weight excluding hydrogens is 370 g/mol. The Labute approximate surface area is 130 Å². The van der Waals surface area contributed by atoms with E-state index in [1.54, 1.807) is 6.07 Å². The predicted molar refractivity (Wildman–Crippen MR) is 84.0 cm³/mol. The highest BCUT2D eigenvalue weighted by molar-refractivity contribution is 14.1. The zero-order valence-corrected chi connectivity index (χ0v) is 12.7. The zero-order valence-electron chi connectivity index (χ0n) is 10.6. The van der Waals surface area contributed by atoms with E-state index in [2.05, 4.69) is 27.9 Å². The van der Waals surface area contributed by atoms with E-state index in [0.717, 1.165) is 14.8 Å². The number of halogens is 2. The highest BCUT2D eigenvalue weighted by Crippen LogP contribution is 2.20. The molecule has 20 heavy (non-hydrogen) atoms. The molecule has 2 rings (SSSR count). The first-order chi connectivity index (χ1) is 9.69. The largest absolute Gasteiger partial charge is 0.479 e. The van der Waals surface area contributed by atoms with Gasteiger partial charge in [0, 0.05) is 15.8 Å². The Balaban J connectivity index is 2.01. The van der Waals surface area contributed by atoms with Gasteiger partial charge in [0.1, 0.15) is 17.6 Å². The minimum atomic E-state index is -0.244. The van der Waals surface area contributed by atoms with Gasteiger partial charge in [-0.2, -0.15) is 5.26 Å². The average molecular weight is 382 g/mol. The fourth-order valence-corrected chi connectivity index (χ4v) is 2.36. The van der Waals surface area contributed by atoms with Crippen LogP contribution in [0.5, 0.6) is 5.75 Å². The molecule has 0 unspecified atom stereocenters. The minimum Gasteiger partial charge on any atom is -0.479 e. The zero-order chi connectivity index (χ0) is 14.4. The molecule has 3 nitrogen and oxygen atoms in total. The number of hydrogen-bond donors (Lipinski definition) is 1. The van der Waals surface area contributed by atoms with Crippen LogP contribution in [0.2, 0.25) is 0 Å². The van der Waals surface area contributed by atoms with E-state index in [9.17, 15) is 4.39 Å². The summed E-state index contributed by atoms with van der Waals surface area (Å²) in [5.41, 5.74) is 1.91. The van der Waals surface area contributed by atoms with Gasteiger partial charge in [-0.1, -0.05) is 12.1 Å². The number of anilines is 1. The third-order valence-electron chi connectivity index (χ3n) is 2.62. The quantitative estimate of drug-likeness (QED) is 0.797. The Bertz CT molecular complexity index is 640. The Kier molecular flexibility index (Phi) is 5.18. The summed E-state index contributed by atoms with van der Waals surface area (Å²) >= 11 is 2.09. The van der Waals surface area contributed by atoms with Crippen molar-refractivity contribution in [3.63, 3.8) is 0 Å². The highest BCUT2D eigenvalue weighted by Gasteiger charge is 2.02. The lowest BCUT2D eigenvalue weighted by atomic mass is 10.2. The molecule has 0 aliphatic rings. The molecular formula is C15H12FIN2O. The molecule has 0 bridgehead atoms. The summed E-state index contributed by atoms with van der Waals surface area (Å²) in [6, 6.07) is 14.1. The first kappa shape index (κ1) is 14.6. The number of benzene rings is 2. The summed E-state index contributed by atoms with van der Waals surface area (Å²) in [4.78, 5) is 0. The normalized spacial score (nSPS) is 9.85. The van der Waals surface area contributed by atoms with Gasteiger partial charge in [0.15, 0.2) is 6.61 Å². The summed E-state index contributed by atoms with van der Waals surface area (Å²) in [7, 11) is 0. The molecule has 0 atom stereocenters. The van der Waals surface area contributed by atoms with Crippen LogP contribution in [-0.2, 0) is 6.54 Å². The molecule has 0 heterocycles. The first-order valence-electron chi connectivity index (χ1n) is 5.96. The van der Waals surface area contributed by atoms with Crippen LogP contribution in [0.3, 0.4) is 0 Å². The smallest absolute Gasteiger partial charge is 0.174 e. The van der Waals surface area contributed by atoms with Gasteiger partial charge in [0.05, 0.1) is 0 Å². The van der Waals surface area contributed by atoms with Gasteiger partial charge in [-0.05, 0) is 58.5 Å². The molecule has 0 spiro atoms. The molecule has 0 amide bonds. The number of ether oxygens (including phenoxy) is 1. The Hall–Kier alpha value is -1.81. The van der Waals surface area contributed by atoms with Crippen molar-refractivity contribution in [3.8, 4) is 11.8 Å². The van der Waals surface area contributed by atoms with E-state index < -0.39 is 0 Å². The third kappa shape index (κ3) is 4.10. The van der Waals surface area contributed by atoms with E-state index in [4.69, 9.17) is 10.00 Å². The van der Waals surface area contributed by atoms with Crippen molar-refractivity contribution < 1.29 is 9.13 Å². The van der Waals surface area contributed by atoms with E-state index in [1.807, 2.05) is 30.3 Å². The number of rotatable bonds is 5. The second kappa shape index (κ2) is 7.10. The van der Waals surface area contributed by atoms with Crippen molar-refractivity contribution in [1.29, 1.82) is 5.26 Å². The second-order valence-corrected chi connectivity index (χ2v) is 5.23. The number of nitrogens with zero attached hydrogens (tertiary/aromatic N) is 1. The van der Waals surface area contributed by atoms with E-state index in [0.29, 0.717) is 12.3 Å². The van der Waals surface area contributed by atoms with Crippen LogP contribution in [0, 0.1) is 20.7 Å². The molecule has 0 aromatic heterocycles. The van der Waals surface area contributed by atoms with Crippen molar-refractivity contribution >= 4 is 28.3 Å². The van der Waals surface area contributed by atoms with Crippen molar-refractivity contribution in [3.05, 3.63) is 57.4 Å². The average Bonchev–Trinajstić information content (AvgIpc) is 2.45. The predicted octanol–water partition coefficient (Wildman–Crippen LogP) is 3.94. The molecule has 0 aliphatic carbocycles. The number of nitriles is 1. The maximum Gasteiger partial charge on any atom is 0.174 e. The van der Waals surface area contributed by atoms with Gasteiger partial charge >= 0.3 is 0 Å². The lowest BCUT2D eigenvalue weighted by molar-refractivity contribution is 0.368. The second-order valence-electron chi connectivity index (χ2n) is 4.07. The molecule has 0 saturated carbocycles. The number of nitrogens with one attached hydrogen (secondary N) is 1. The van der Waals surface area contributed by atoms with E-state index in [1.165, 1.54) is 12.1 Å². The summed E-state index contributed by atoms with van der Waals surface area (Å²) in [5, 5.41) is 11.7. The Morgan fingerprint density at radius 2 is 2.10 bits per heavy atom. The maximum absolute atomic E-state index is 13.0. The molecule has 102 valence electrons. The molecule has 0 fully saturated rings. The van der Waals surface area contributed by atoms with Crippen LogP contribution in [0.4, 0.5) is 10.1 Å². The first-order valence-corrected chi connectivity index (χ1v) is 7.04. The van der Waals surface area contributed by atoms with Crippen LogP contribution in [-0.4, -0.2) is 6.61 Å². The van der Waals surface area contributed by atoms with Crippen molar-refractivity contribution in [2.75, 3.05) is 11.9 Å². The standard InChI is InChI=1S/C15H12FIN2O/c16-12-4-5-15(14(17)9-12)19-10-11-2-1-3-13(8-11)20-7-6-18/h1-5,8-9,19H,7,10H2. The maximum atomic E-state index is 13.0. The Morgan fingerprint density at radius 1 is 1.25 bits per heavy atom. The van der Waals surface area contributed by atoms with Crippen LogP contribution in [0.25, 0.3) is 0 Å². The monoisotopic (exact) mass is 382 g/mol. The van der Waals surface area contributed by atoms with E-state index >= 15 is 0 Å². The molecule has 0 saturated heterocycles. The molecule has 0 radical (unpaired) electrons. The third-order valence-corrected chi connectivity index (χ3v) is 3.51. The highest BCUT2D eigenvalue weighted by atomic mass is 127. The van der Waals surface area contributed by atoms with Crippen LogP contribution < -0.4 is 10.1 Å².